The summed E-state index contributed by atoms with van der Waals surface area (Å²) in [6.45, 7) is 8.10. The van der Waals surface area contributed by atoms with Crippen LogP contribution in [0.25, 0.3) is 0 Å². The molecule has 2 fully saturated rings. The Morgan fingerprint density at radius 2 is 2.05 bits per heavy atom. The molecule has 2 atom stereocenters. The van der Waals surface area contributed by atoms with Crippen molar-refractivity contribution < 1.29 is 4.21 Å². The number of hydrogen-bond acceptors (Lipinski definition) is 3. The van der Waals surface area contributed by atoms with E-state index < -0.39 is 10.8 Å². The fraction of sp³-hybridized carbons (Fsp3) is 1.00. The van der Waals surface area contributed by atoms with Gasteiger partial charge in [-0.25, -0.2) is 0 Å². The van der Waals surface area contributed by atoms with Crippen LogP contribution in [0.4, 0.5) is 0 Å². The van der Waals surface area contributed by atoms with E-state index >= 15 is 0 Å². The molecular weight excluding hydrogens is 256 g/mol. The predicted octanol–water partition coefficient (Wildman–Crippen LogP) is 2.00. The van der Waals surface area contributed by atoms with Crippen LogP contribution in [0.15, 0.2) is 0 Å². The van der Waals surface area contributed by atoms with Gasteiger partial charge in [-0.3, -0.25) is 9.11 Å². The van der Waals surface area contributed by atoms with Gasteiger partial charge >= 0.3 is 0 Å². The third-order valence-corrected chi connectivity index (χ3v) is 5.73. The lowest BCUT2D eigenvalue weighted by Gasteiger charge is -2.48. The molecular formula is C15H30N2OS. The highest BCUT2D eigenvalue weighted by Crippen LogP contribution is 2.34. The zero-order chi connectivity index (χ0) is 13.9. The number of rotatable bonds is 5. The first kappa shape index (κ1) is 15.5. The summed E-state index contributed by atoms with van der Waals surface area (Å²) < 4.78 is 11.2. The summed E-state index contributed by atoms with van der Waals surface area (Å²) in [5.74, 6) is 1.54. The maximum absolute atomic E-state index is 11.2. The molecule has 0 bridgehead atoms. The van der Waals surface area contributed by atoms with E-state index in [9.17, 15) is 4.21 Å². The standard InChI is InChI=1S/C15H30N2OS/c1-13(2)14-11-16-15(7-4-5-8-15)12-17(14)9-6-10-19(3)18/h13-14,16H,4-12H2,1-3H3. The van der Waals surface area contributed by atoms with Crippen molar-refractivity contribution in [2.24, 2.45) is 5.92 Å². The third kappa shape index (κ3) is 4.02. The van der Waals surface area contributed by atoms with E-state index in [1.165, 1.54) is 32.2 Å². The molecule has 0 amide bonds. The maximum Gasteiger partial charge on any atom is 0.0309 e. The molecule has 0 aromatic heterocycles. The first-order chi connectivity index (χ1) is 9.02. The number of nitrogens with zero attached hydrogens (tertiary/aromatic N) is 1. The monoisotopic (exact) mass is 286 g/mol. The molecule has 0 radical (unpaired) electrons. The molecule has 2 unspecified atom stereocenters. The van der Waals surface area contributed by atoms with Gasteiger partial charge in [0.25, 0.3) is 0 Å². The zero-order valence-corrected chi connectivity index (χ0v) is 13.6. The highest BCUT2D eigenvalue weighted by atomic mass is 32.2. The van der Waals surface area contributed by atoms with E-state index in [2.05, 4.69) is 24.1 Å². The molecule has 1 N–H and O–H groups in total. The fourth-order valence-electron chi connectivity index (χ4n) is 3.77. The Bertz CT molecular complexity index is 313. The van der Waals surface area contributed by atoms with Crippen molar-refractivity contribution in [2.45, 2.75) is 57.5 Å². The lowest BCUT2D eigenvalue weighted by molar-refractivity contribution is 0.0574. The van der Waals surface area contributed by atoms with E-state index in [0.717, 1.165) is 25.3 Å². The van der Waals surface area contributed by atoms with E-state index in [-0.39, 0.29) is 0 Å². The Balaban J connectivity index is 1.94. The lowest BCUT2D eigenvalue weighted by Crippen LogP contribution is -2.64. The van der Waals surface area contributed by atoms with Crippen molar-refractivity contribution in [1.82, 2.24) is 10.2 Å². The lowest BCUT2D eigenvalue weighted by atomic mass is 9.89. The summed E-state index contributed by atoms with van der Waals surface area (Å²) in [7, 11) is -0.645. The molecule has 3 nitrogen and oxygen atoms in total. The van der Waals surface area contributed by atoms with Gasteiger partial charge in [-0.05, 0) is 31.7 Å². The Labute approximate surface area is 121 Å². The molecule has 2 aliphatic rings. The van der Waals surface area contributed by atoms with Gasteiger partial charge in [-0.15, -0.1) is 0 Å². The summed E-state index contributed by atoms with van der Waals surface area (Å²) in [5.41, 5.74) is 0.400. The molecule has 1 aliphatic heterocycles. The van der Waals surface area contributed by atoms with E-state index in [4.69, 9.17) is 0 Å². The van der Waals surface area contributed by atoms with E-state index in [0.29, 0.717) is 17.5 Å². The topological polar surface area (TPSA) is 32.3 Å². The Kier molecular flexibility index (Phi) is 5.44. The normalized spacial score (nSPS) is 29.2. The van der Waals surface area contributed by atoms with Gasteiger partial charge in [0.15, 0.2) is 0 Å². The van der Waals surface area contributed by atoms with Crippen LogP contribution in [0.2, 0.25) is 0 Å². The molecule has 1 spiro atoms. The Morgan fingerprint density at radius 1 is 1.37 bits per heavy atom. The number of nitrogens with one attached hydrogen (secondary N) is 1. The molecule has 112 valence electrons. The number of hydrogen-bond donors (Lipinski definition) is 1. The molecule has 1 aliphatic carbocycles. The average Bonchev–Trinajstić information content (AvgIpc) is 2.76. The van der Waals surface area contributed by atoms with Crippen LogP contribution in [0.5, 0.6) is 0 Å². The predicted molar refractivity (Wildman–Crippen MR) is 83.0 cm³/mol. The molecule has 1 heterocycles. The van der Waals surface area contributed by atoms with Gasteiger partial charge in [0, 0.05) is 47.5 Å². The molecule has 19 heavy (non-hydrogen) atoms. The van der Waals surface area contributed by atoms with Crippen LogP contribution in [0.1, 0.15) is 46.0 Å². The molecule has 4 heteroatoms. The smallest absolute Gasteiger partial charge is 0.0309 e. The minimum atomic E-state index is -0.645. The van der Waals surface area contributed by atoms with Gasteiger partial charge in [-0.1, -0.05) is 26.7 Å². The second-order valence-corrected chi connectivity index (χ2v) is 8.34. The van der Waals surface area contributed by atoms with Gasteiger partial charge < -0.3 is 5.32 Å². The van der Waals surface area contributed by atoms with Crippen LogP contribution in [0.3, 0.4) is 0 Å². The summed E-state index contributed by atoms with van der Waals surface area (Å²) in [6, 6.07) is 0.650. The average molecular weight is 286 g/mol. The van der Waals surface area contributed by atoms with Crippen molar-refractivity contribution in [1.29, 1.82) is 0 Å². The van der Waals surface area contributed by atoms with Crippen LogP contribution < -0.4 is 5.32 Å². The summed E-state index contributed by atoms with van der Waals surface area (Å²) in [4.78, 5) is 2.68. The van der Waals surface area contributed by atoms with Crippen LogP contribution in [-0.4, -0.2) is 52.3 Å². The maximum atomic E-state index is 11.2. The van der Waals surface area contributed by atoms with Crippen molar-refractivity contribution >= 4 is 10.8 Å². The third-order valence-electron chi connectivity index (χ3n) is 4.87. The summed E-state index contributed by atoms with van der Waals surface area (Å²) >= 11 is 0. The van der Waals surface area contributed by atoms with Gasteiger partial charge in [0.05, 0.1) is 0 Å². The second kappa shape index (κ2) is 6.68. The molecule has 0 aromatic carbocycles. The fourth-order valence-corrected chi connectivity index (χ4v) is 4.31. The highest BCUT2D eigenvalue weighted by Gasteiger charge is 2.41. The molecule has 1 saturated carbocycles. The van der Waals surface area contributed by atoms with Crippen molar-refractivity contribution in [2.75, 3.05) is 31.6 Å². The van der Waals surface area contributed by atoms with Crippen molar-refractivity contribution in [3.8, 4) is 0 Å². The van der Waals surface area contributed by atoms with Gasteiger partial charge in [-0.2, -0.15) is 0 Å². The number of piperazine rings is 1. The first-order valence-electron chi connectivity index (χ1n) is 7.81. The summed E-state index contributed by atoms with van der Waals surface area (Å²) in [6.07, 6.45) is 8.33. The van der Waals surface area contributed by atoms with Gasteiger partial charge in [0.2, 0.25) is 0 Å². The summed E-state index contributed by atoms with van der Waals surface area (Å²) in [5, 5.41) is 3.85. The van der Waals surface area contributed by atoms with Gasteiger partial charge in [0.1, 0.15) is 0 Å². The molecule has 2 rings (SSSR count). The quantitative estimate of drug-likeness (QED) is 0.839. The minimum absolute atomic E-state index is 0.400. The Morgan fingerprint density at radius 3 is 2.63 bits per heavy atom. The van der Waals surface area contributed by atoms with Crippen LogP contribution in [0, 0.1) is 5.92 Å². The van der Waals surface area contributed by atoms with Crippen molar-refractivity contribution in [3.05, 3.63) is 0 Å². The largest absolute Gasteiger partial charge is 0.308 e. The molecule has 1 saturated heterocycles. The zero-order valence-electron chi connectivity index (χ0n) is 12.8. The van der Waals surface area contributed by atoms with Crippen molar-refractivity contribution in [3.63, 3.8) is 0 Å². The Hall–Kier alpha value is 0.0700. The SMILES string of the molecule is CC(C)C1CNC2(CCCC2)CN1CCCS(C)=O. The van der Waals surface area contributed by atoms with Crippen LogP contribution in [-0.2, 0) is 10.8 Å². The van der Waals surface area contributed by atoms with E-state index in [1.54, 1.807) is 0 Å². The van der Waals surface area contributed by atoms with E-state index in [1.807, 2.05) is 6.26 Å². The highest BCUT2D eigenvalue weighted by molar-refractivity contribution is 7.84. The minimum Gasteiger partial charge on any atom is -0.308 e. The first-order valence-corrected chi connectivity index (χ1v) is 9.54. The second-order valence-electron chi connectivity index (χ2n) is 6.78. The molecule has 0 aromatic rings. The van der Waals surface area contributed by atoms with Crippen LogP contribution >= 0.6 is 0 Å².